The van der Waals surface area contributed by atoms with Crippen molar-refractivity contribution in [1.82, 2.24) is 0 Å². The standard InChI is InChI=1S/C39H65NO7/c1-6-8-10-12-14-16-17-18-19-20-21-22-24-26-28-30-38(42)47-35(33-45-32-31-36(39(43)44)40(3,4)5)34-46-37(41)29-27-25-23-15-13-11-9-7-2/h8,10,12,14,16-19,23,25,35-36H,6-7,9,11,13,15,20-22,24,26-34H2,1-5H3/b10-8+,14-12+,17-16+,19-18+,25-23+. The van der Waals surface area contributed by atoms with E-state index in [0.717, 1.165) is 57.8 Å². The molecule has 8 heteroatoms. The fraction of sp³-hybridized carbons (Fsp3) is 0.667. The predicted octanol–water partition coefficient (Wildman–Crippen LogP) is 7.35. The molecule has 0 bridgehead atoms. The van der Waals surface area contributed by atoms with Gasteiger partial charge in [-0.3, -0.25) is 9.59 Å². The van der Waals surface area contributed by atoms with Crippen molar-refractivity contribution >= 4 is 17.9 Å². The van der Waals surface area contributed by atoms with Crippen molar-refractivity contribution in [3.63, 3.8) is 0 Å². The molecule has 0 heterocycles. The van der Waals surface area contributed by atoms with Gasteiger partial charge in [-0.2, -0.15) is 0 Å². The monoisotopic (exact) mass is 659 g/mol. The SMILES string of the molecule is CC/C=C/C=C/C=C/C=C/CCCCCCCC(=O)OC(COCCC(C(=O)[O-])[N+](C)(C)C)COC(=O)CC/C=C/CCCCCC. The fourth-order valence-electron chi connectivity index (χ4n) is 4.68. The number of rotatable bonds is 30. The lowest BCUT2D eigenvalue weighted by molar-refractivity contribution is -0.889. The average Bonchev–Trinajstić information content (AvgIpc) is 3.01. The molecule has 2 atom stereocenters. The summed E-state index contributed by atoms with van der Waals surface area (Å²) in [5.74, 6) is -1.85. The van der Waals surface area contributed by atoms with E-state index in [9.17, 15) is 19.5 Å². The summed E-state index contributed by atoms with van der Waals surface area (Å²) in [6.45, 7) is 4.37. The highest BCUT2D eigenvalue weighted by Crippen LogP contribution is 2.11. The third kappa shape index (κ3) is 28.9. The van der Waals surface area contributed by atoms with Crippen LogP contribution in [-0.4, -0.2) is 75.5 Å². The van der Waals surface area contributed by atoms with E-state index in [1.54, 1.807) is 21.1 Å². The van der Waals surface area contributed by atoms with Gasteiger partial charge in [0, 0.05) is 19.3 Å². The summed E-state index contributed by atoms with van der Waals surface area (Å²) in [4.78, 5) is 36.5. The number of esters is 2. The number of carboxylic acid groups (broad SMARTS) is 1. The second-order valence-electron chi connectivity index (χ2n) is 12.8. The Labute approximate surface area is 286 Å². The molecule has 0 aliphatic carbocycles. The Morgan fingerprint density at radius 2 is 1.26 bits per heavy atom. The number of unbranched alkanes of at least 4 members (excludes halogenated alkanes) is 9. The molecule has 2 unspecified atom stereocenters. The minimum absolute atomic E-state index is 0.0164. The summed E-state index contributed by atoms with van der Waals surface area (Å²) in [5, 5.41) is 11.5. The van der Waals surface area contributed by atoms with Gasteiger partial charge < -0.3 is 28.6 Å². The number of carbonyl (C=O) groups excluding carboxylic acids is 3. The van der Waals surface area contributed by atoms with Crippen LogP contribution in [0.5, 0.6) is 0 Å². The first-order valence-corrected chi connectivity index (χ1v) is 17.9. The van der Waals surface area contributed by atoms with Crippen molar-refractivity contribution in [2.24, 2.45) is 0 Å². The molecule has 0 aliphatic heterocycles. The predicted molar refractivity (Wildman–Crippen MR) is 189 cm³/mol. The minimum atomic E-state index is -1.14. The van der Waals surface area contributed by atoms with Crippen molar-refractivity contribution in [2.45, 2.75) is 129 Å². The third-order valence-corrected chi connectivity index (χ3v) is 7.50. The lowest BCUT2D eigenvalue weighted by Crippen LogP contribution is -2.55. The highest BCUT2D eigenvalue weighted by atomic mass is 16.6. The van der Waals surface area contributed by atoms with Crippen LogP contribution in [0.25, 0.3) is 0 Å². The van der Waals surface area contributed by atoms with Gasteiger partial charge in [0.1, 0.15) is 12.6 Å². The maximum atomic E-state index is 12.6. The number of quaternary nitrogens is 1. The molecule has 0 aromatic carbocycles. The molecule has 0 N–H and O–H groups in total. The number of allylic oxidation sites excluding steroid dienone is 10. The number of ether oxygens (including phenoxy) is 3. The number of likely N-dealkylation sites (N-methyl/N-ethyl adjacent to an activating group) is 1. The zero-order chi connectivity index (χ0) is 35.0. The van der Waals surface area contributed by atoms with Crippen LogP contribution >= 0.6 is 0 Å². The number of hydrogen-bond donors (Lipinski definition) is 0. The minimum Gasteiger partial charge on any atom is -0.544 e. The number of aliphatic carboxylic acids is 1. The number of hydrogen-bond acceptors (Lipinski definition) is 7. The van der Waals surface area contributed by atoms with E-state index in [1.807, 2.05) is 36.5 Å². The van der Waals surface area contributed by atoms with Crippen molar-refractivity contribution in [1.29, 1.82) is 0 Å². The summed E-state index contributed by atoms with van der Waals surface area (Å²) in [6.07, 6.45) is 34.1. The van der Waals surface area contributed by atoms with E-state index in [2.05, 4.69) is 38.2 Å². The molecule has 0 saturated heterocycles. The van der Waals surface area contributed by atoms with Crippen molar-refractivity contribution in [3.8, 4) is 0 Å². The van der Waals surface area contributed by atoms with E-state index >= 15 is 0 Å². The molecular formula is C39H65NO7. The van der Waals surface area contributed by atoms with Crippen LogP contribution in [0.3, 0.4) is 0 Å². The van der Waals surface area contributed by atoms with Crippen LogP contribution in [-0.2, 0) is 28.6 Å². The van der Waals surface area contributed by atoms with E-state index in [0.29, 0.717) is 6.42 Å². The van der Waals surface area contributed by atoms with E-state index in [-0.39, 0.29) is 55.5 Å². The van der Waals surface area contributed by atoms with Crippen molar-refractivity contribution < 1.29 is 38.2 Å². The van der Waals surface area contributed by atoms with Crippen LogP contribution in [0.4, 0.5) is 0 Å². The smallest absolute Gasteiger partial charge is 0.306 e. The molecule has 0 fully saturated rings. The topological polar surface area (TPSA) is 102 Å². The van der Waals surface area contributed by atoms with Gasteiger partial charge in [-0.05, 0) is 44.9 Å². The molecule has 0 aromatic rings. The highest BCUT2D eigenvalue weighted by molar-refractivity contribution is 5.70. The molecule has 268 valence electrons. The molecule has 47 heavy (non-hydrogen) atoms. The average molecular weight is 660 g/mol. The number of carbonyl (C=O) groups is 3. The fourth-order valence-corrected chi connectivity index (χ4v) is 4.68. The lowest BCUT2D eigenvalue weighted by atomic mass is 10.1. The van der Waals surface area contributed by atoms with E-state index in [4.69, 9.17) is 14.2 Å². The van der Waals surface area contributed by atoms with Gasteiger partial charge in [-0.25, -0.2) is 0 Å². The number of nitrogens with zero attached hydrogens (tertiary/aromatic N) is 1. The zero-order valence-electron chi connectivity index (χ0n) is 30.2. The Morgan fingerprint density at radius 3 is 1.91 bits per heavy atom. The first-order valence-electron chi connectivity index (χ1n) is 17.9. The Morgan fingerprint density at radius 1 is 0.660 bits per heavy atom. The molecule has 0 rings (SSSR count). The second kappa shape index (κ2) is 30.4. The van der Waals surface area contributed by atoms with Crippen LogP contribution in [0, 0.1) is 0 Å². The first kappa shape index (κ1) is 44.0. The van der Waals surface area contributed by atoms with Gasteiger partial charge in [-0.15, -0.1) is 0 Å². The normalized spacial score (nSPS) is 13.8. The van der Waals surface area contributed by atoms with E-state index < -0.39 is 18.1 Å². The van der Waals surface area contributed by atoms with Gasteiger partial charge >= 0.3 is 11.9 Å². The van der Waals surface area contributed by atoms with Crippen LogP contribution in [0.2, 0.25) is 0 Å². The highest BCUT2D eigenvalue weighted by Gasteiger charge is 2.25. The second-order valence-corrected chi connectivity index (χ2v) is 12.8. The zero-order valence-corrected chi connectivity index (χ0v) is 30.2. The van der Waals surface area contributed by atoms with Crippen molar-refractivity contribution in [2.75, 3.05) is 41.0 Å². The molecule has 0 saturated carbocycles. The Hall–Kier alpha value is -2.97. The quantitative estimate of drug-likeness (QED) is 0.0261. The van der Waals surface area contributed by atoms with Gasteiger partial charge in [0.05, 0.1) is 40.3 Å². The van der Waals surface area contributed by atoms with Gasteiger partial charge in [0.15, 0.2) is 6.10 Å². The maximum absolute atomic E-state index is 12.6. The largest absolute Gasteiger partial charge is 0.544 e. The summed E-state index contributed by atoms with van der Waals surface area (Å²) in [7, 11) is 5.36. The van der Waals surface area contributed by atoms with Gasteiger partial charge in [0.2, 0.25) is 0 Å². The lowest BCUT2D eigenvalue weighted by Gasteiger charge is -2.34. The number of carboxylic acids is 1. The van der Waals surface area contributed by atoms with E-state index in [1.165, 1.54) is 19.3 Å². The summed E-state index contributed by atoms with van der Waals surface area (Å²) < 4.78 is 16.9. The summed E-state index contributed by atoms with van der Waals surface area (Å²) in [6, 6.07) is -0.734. The third-order valence-electron chi connectivity index (χ3n) is 7.50. The molecular weight excluding hydrogens is 594 g/mol. The Kier molecular flexibility index (Phi) is 28.4. The first-order chi connectivity index (χ1) is 22.6. The van der Waals surface area contributed by atoms with Crippen LogP contribution < -0.4 is 5.11 Å². The molecule has 0 spiro atoms. The Balaban J connectivity index is 4.53. The molecule has 0 radical (unpaired) electrons. The van der Waals surface area contributed by atoms with Crippen molar-refractivity contribution in [3.05, 3.63) is 60.8 Å². The molecule has 8 nitrogen and oxygen atoms in total. The molecule has 0 aromatic heterocycles. The van der Waals surface area contributed by atoms with Gasteiger partial charge in [0.25, 0.3) is 0 Å². The molecule has 0 aliphatic rings. The maximum Gasteiger partial charge on any atom is 0.306 e. The molecule has 0 amide bonds. The van der Waals surface area contributed by atoms with Crippen LogP contribution in [0.1, 0.15) is 117 Å². The van der Waals surface area contributed by atoms with Crippen LogP contribution in [0.15, 0.2) is 60.8 Å². The summed E-state index contributed by atoms with van der Waals surface area (Å²) in [5.41, 5.74) is 0. The Bertz CT molecular complexity index is 959. The summed E-state index contributed by atoms with van der Waals surface area (Å²) >= 11 is 0. The van der Waals surface area contributed by atoms with Gasteiger partial charge in [-0.1, -0.05) is 113 Å².